The van der Waals surface area contributed by atoms with E-state index in [2.05, 4.69) is 20.6 Å². The van der Waals surface area contributed by atoms with Crippen molar-refractivity contribution >= 4 is 5.91 Å². The molecule has 4 rings (SSSR count). The number of carbonyl (C=O) groups is 1. The summed E-state index contributed by atoms with van der Waals surface area (Å²) in [6, 6.07) is 6.84. The maximum Gasteiger partial charge on any atom is 0.271 e. The molecule has 3 heterocycles. The molecule has 3 aromatic heterocycles. The topological polar surface area (TPSA) is 106 Å². The van der Waals surface area contributed by atoms with Crippen LogP contribution in [0.1, 0.15) is 34.6 Å². The molecule has 3 aromatic rings. The first-order chi connectivity index (χ1) is 12.7. The van der Waals surface area contributed by atoms with Crippen LogP contribution in [0.3, 0.4) is 0 Å². The second-order valence-electron chi connectivity index (χ2n) is 6.28. The van der Waals surface area contributed by atoms with Crippen LogP contribution in [0.25, 0.3) is 11.5 Å². The fraction of sp³-hybridized carbons (Fsp3) is 0.333. The Balaban J connectivity index is 1.37. The second-order valence-corrected chi connectivity index (χ2v) is 6.28. The zero-order valence-corrected chi connectivity index (χ0v) is 14.2. The van der Waals surface area contributed by atoms with Crippen LogP contribution in [0.5, 0.6) is 0 Å². The maximum atomic E-state index is 12.2. The quantitative estimate of drug-likeness (QED) is 0.724. The number of fused-ring (bicyclic) bond motifs is 1. The molecule has 134 valence electrons. The van der Waals surface area contributed by atoms with Gasteiger partial charge in [-0.15, -0.1) is 0 Å². The number of aryl methyl sites for hydroxylation is 2. The maximum absolute atomic E-state index is 12.2. The Morgan fingerprint density at radius 2 is 2.19 bits per heavy atom. The molecule has 8 nitrogen and oxygen atoms in total. The first kappa shape index (κ1) is 16.3. The molecule has 0 saturated heterocycles. The Labute approximate surface area is 149 Å². The molecule has 0 bridgehead atoms. The highest BCUT2D eigenvalue weighted by atomic mass is 16.3. The molecule has 0 unspecified atom stereocenters. The number of nitrogens with zero attached hydrogens (tertiary/aromatic N) is 3. The fourth-order valence-electron chi connectivity index (χ4n) is 3.12. The van der Waals surface area contributed by atoms with E-state index in [4.69, 9.17) is 4.42 Å². The molecule has 0 aromatic carbocycles. The Hall–Kier alpha value is -3.16. The van der Waals surface area contributed by atoms with Crippen molar-refractivity contribution in [3.8, 4) is 11.5 Å². The predicted octanol–water partition coefficient (Wildman–Crippen LogP) is 1.54. The summed E-state index contributed by atoms with van der Waals surface area (Å²) in [4.78, 5) is 24.3. The van der Waals surface area contributed by atoms with Gasteiger partial charge in [-0.2, -0.15) is 10.2 Å². The first-order valence-electron chi connectivity index (χ1n) is 8.68. The van der Waals surface area contributed by atoms with Crippen LogP contribution in [-0.4, -0.2) is 32.4 Å². The normalized spacial score (nSPS) is 13.4. The molecule has 0 fully saturated rings. The van der Waals surface area contributed by atoms with Crippen molar-refractivity contribution in [2.24, 2.45) is 0 Å². The number of amides is 1. The van der Waals surface area contributed by atoms with Gasteiger partial charge in [-0.25, -0.2) is 4.68 Å². The smallest absolute Gasteiger partial charge is 0.271 e. The lowest BCUT2D eigenvalue weighted by Gasteiger charge is -2.15. The minimum absolute atomic E-state index is 0.125. The number of aromatic nitrogens is 4. The van der Waals surface area contributed by atoms with E-state index in [1.54, 1.807) is 30.5 Å². The largest absolute Gasteiger partial charge is 0.463 e. The molecule has 8 heteroatoms. The van der Waals surface area contributed by atoms with E-state index in [0.717, 1.165) is 36.9 Å². The van der Waals surface area contributed by atoms with Crippen LogP contribution in [0.15, 0.2) is 39.7 Å². The number of hydrogen-bond donors (Lipinski definition) is 2. The van der Waals surface area contributed by atoms with Crippen molar-refractivity contribution in [1.82, 2.24) is 25.3 Å². The van der Waals surface area contributed by atoms with Gasteiger partial charge in [0.15, 0.2) is 11.5 Å². The zero-order chi connectivity index (χ0) is 17.9. The number of rotatable bonds is 5. The lowest BCUT2D eigenvalue weighted by atomic mass is 9.97. The minimum Gasteiger partial charge on any atom is -0.463 e. The van der Waals surface area contributed by atoms with Crippen LogP contribution >= 0.6 is 0 Å². The molecule has 0 spiro atoms. The van der Waals surface area contributed by atoms with Gasteiger partial charge in [0, 0.05) is 18.7 Å². The standard InChI is InChI=1S/C18H19N5O3/c24-17-10-12-4-1-2-5-13(12)22-23(17)8-7-19-18(25)15-11-14(20-21-15)16-6-3-9-26-16/h3,6,9-11H,1-2,4-5,7-8H2,(H,19,25)(H,20,21). The van der Waals surface area contributed by atoms with Gasteiger partial charge in [0.25, 0.3) is 11.5 Å². The molecule has 26 heavy (non-hydrogen) atoms. The number of aromatic amines is 1. The summed E-state index contributed by atoms with van der Waals surface area (Å²) in [5.41, 5.74) is 2.83. The van der Waals surface area contributed by atoms with Gasteiger partial charge < -0.3 is 9.73 Å². The van der Waals surface area contributed by atoms with E-state index in [0.29, 0.717) is 24.5 Å². The summed E-state index contributed by atoms with van der Waals surface area (Å²) in [7, 11) is 0. The van der Waals surface area contributed by atoms with Crippen LogP contribution in [0.2, 0.25) is 0 Å². The number of H-pyrrole nitrogens is 1. The van der Waals surface area contributed by atoms with Gasteiger partial charge in [0.05, 0.1) is 18.5 Å². The summed E-state index contributed by atoms with van der Waals surface area (Å²) >= 11 is 0. The van der Waals surface area contributed by atoms with Crippen LogP contribution in [0.4, 0.5) is 0 Å². The summed E-state index contributed by atoms with van der Waals surface area (Å²) in [5.74, 6) is 0.298. The van der Waals surface area contributed by atoms with Crippen molar-refractivity contribution < 1.29 is 9.21 Å². The Morgan fingerprint density at radius 3 is 3.04 bits per heavy atom. The molecule has 0 radical (unpaired) electrons. The van der Waals surface area contributed by atoms with E-state index in [9.17, 15) is 9.59 Å². The Morgan fingerprint density at radius 1 is 1.31 bits per heavy atom. The Kier molecular flexibility index (Phi) is 4.39. The van der Waals surface area contributed by atoms with Crippen molar-refractivity contribution in [2.75, 3.05) is 6.54 Å². The van der Waals surface area contributed by atoms with Crippen LogP contribution in [0, 0.1) is 0 Å². The highest BCUT2D eigenvalue weighted by molar-refractivity contribution is 5.93. The first-order valence-corrected chi connectivity index (χ1v) is 8.68. The molecule has 2 N–H and O–H groups in total. The highest BCUT2D eigenvalue weighted by Gasteiger charge is 2.14. The third-order valence-corrected chi connectivity index (χ3v) is 4.48. The number of furan rings is 1. The third kappa shape index (κ3) is 3.30. The number of carbonyl (C=O) groups excluding carboxylic acids is 1. The third-order valence-electron chi connectivity index (χ3n) is 4.48. The molecular weight excluding hydrogens is 334 g/mol. The summed E-state index contributed by atoms with van der Waals surface area (Å²) in [6.07, 6.45) is 5.60. The van der Waals surface area contributed by atoms with Gasteiger partial charge >= 0.3 is 0 Å². The van der Waals surface area contributed by atoms with Gasteiger partial charge in [0.2, 0.25) is 0 Å². The fourth-order valence-corrected chi connectivity index (χ4v) is 3.12. The van der Waals surface area contributed by atoms with E-state index in [-0.39, 0.29) is 17.2 Å². The van der Waals surface area contributed by atoms with Gasteiger partial charge in [-0.3, -0.25) is 14.7 Å². The van der Waals surface area contributed by atoms with Crippen molar-refractivity contribution in [2.45, 2.75) is 32.2 Å². The Bertz CT molecular complexity index is 971. The summed E-state index contributed by atoms with van der Waals surface area (Å²) in [5, 5.41) is 14.0. The molecular formula is C18H19N5O3. The average Bonchev–Trinajstić information content (AvgIpc) is 3.33. The average molecular weight is 353 g/mol. The van der Waals surface area contributed by atoms with E-state index < -0.39 is 0 Å². The van der Waals surface area contributed by atoms with E-state index >= 15 is 0 Å². The molecule has 0 aliphatic heterocycles. The van der Waals surface area contributed by atoms with E-state index in [1.165, 1.54) is 4.68 Å². The monoisotopic (exact) mass is 353 g/mol. The van der Waals surface area contributed by atoms with Gasteiger partial charge in [0.1, 0.15) is 5.69 Å². The lowest BCUT2D eigenvalue weighted by molar-refractivity contribution is 0.0946. The second kappa shape index (κ2) is 6.99. The lowest BCUT2D eigenvalue weighted by Crippen LogP contribution is -2.33. The van der Waals surface area contributed by atoms with E-state index in [1.807, 2.05) is 0 Å². The molecule has 1 amide bonds. The van der Waals surface area contributed by atoms with Gasteiger partial charge in [-0.05, 0) is 43.4 Å². The van der Waals surface area contributed by atoms with Crippen molar-refractivity contribution in [1.29, 1.82) is 0 Å². The highest BCUT2D eigenvalue weighted by Crippen LogP contribution is 2.18. The molecule has 1 aliphatic carbocycles. The van der Waals surface area contributed by atoms with Crippen molar-refractivity contribution in [3.63, 3.8) is 0 Å². The van der Waals surface area contributed by atoms with Gasteiger partial charge in [-0.1, -0.05) is 0 Å². The van der Waals surface area contributed by atoms with Crippen LogP contribution in [-0.2, 0) is 19.4 Å². The van der Waals surface area contributed by atoms with Crippen molar-refractivity contribution in [3.05, 3.63) is 57.8 Å². The predicted molar refractivity (Wildman–Crippen MR) is 93.8 cm³/mol. The molecule has 0 atom stereocenters. The number of hydrogen-bond acceptors (Lipinski definition) is 5. The SMILES string of the molecule is O=C(NCCn1nc2c(cc1=O)CCCC2)c1cc(-c2ccco2)[nH]n1. The summed E-state index contributed by atoms with van der Waals surface area (Å²) < 4.78 is 6.68. The number of nitrogens with one attached hydrogen (secondary N) is 2. The van der Waals surface area contributed by atoms with Crippen LogP contribution < -0.4 is 10.9 Å². The molecule has 0 saturated carbocycles. The zero-order valence-electron chi connectivity index (χ0n) is 14.2. The molecule has 1 aliphatic rings. The minimum atomic E-state index is -0.315. The summed E-state index contributed by atoms with van der Waals surface area (Å²) in [6.45, 7) is 0.626.